The molecular weight excluding hydrogens is 204 g/mol. The standard InChI is InChI=1S/C12H28N2S/c1-6-15-9-7-8-13-10-12(11(2)3)14(4)5/h11-13H,6-10H2,1-5H3. The van der Waals surface area contributed by atoms with Crippen LogP contribution in [0.5, 0.6) is 0 Å². The largest absolute Gasteiger partial charge is 0.315 e. The summed E-state index contributed by atoms with van der Waals surface area (Å²) in [6.45, 7) is 9.07. The third-order valence-electron chi connectivity index (χ3n) is 2.63. The zero-order valence-electron chi connectivity index (χ0n) is 11.0. The lowest BCUT2D eigenvalue weighted by atomic mass is 10.0. The highest BCUT2D eigenvalue weighted by molar-refractivity contribution is 7.99. The van der Waals surface area contributed by atoms with Crippen molar-refractivity contribution in [2.45, 2.75) is 33.2 Å². The van der Waals surface area contributed by atoms with Crippen LogP contribution in [0, 0.1) is 5.92 Å². The molecule has 0 aromatic carbocycles. The van der Waals surface area contributed by atoms with Gasteiger partial charge in [-0.3, -0.25) is 0 Å². The van der Waals surface area contributed by atoms with E-state index < -0.39 is 0 Å². The molecule has 0 rings (SSSR count). The van der Waals surface area contributed by atoms with Gasteiger partial charge in [0.05, 0.1) is 0 Å². The number of nitrogens with zero attached hydrogens (tertiary/aromatic N) is 1. The Morgan fingerprint density at radius 3 is 2.40 bits per heavy atom. The Morgan fingerprint density at radius 1 is 1.27 bits per heavy atom. The number of nitrogens with one attached hydrogen (secondary N) is 1. The van der Waals surface area contributed by atoms with Crippen molar-refractivity contribution in [1.82, 2.24) is 10.2 Å². The predicted octanol–water partition coefficient (Wildman–Crippen LogP) is 2.31. The number of rotatable bonds is 9. The molecule has 0 amide bonds. The van der Waals surface area contributed by atoms with Gasteiger partial charge in [0.15, 0.2) is 0 Å². The van der Waals surface area contributed by atoms with E-state index in [0.717, 1.165) is 19.0 Å². The van der Waals surface area contributed by atoms with Gasteiger partial charge in [0, 0.05) is 12.6 Å². The summed E-state index contributed by atoms with van der Waals surface area (Å²) in [6, 6.07) is 0.656. The zero-order chi connectivity index (χ0) is 11.7. The third-order valence-corrected chi connectivity index (χ3v) is 3.62. The highest BCUT2D eigenvalue weighted by atomic mass is 32.2. The van der Waals surface area contributed by atoms with E-state index in [4.69, 9.17) is 0 Å². The lowest BCUT2D eigenvalue weighted by molar-refractivity contribution is 0.225. The van der Waals surface area contributed by atoms with E-state index in [1.54, 1.807) is 0 Å². The fraction of sp³-hybridized carbons (Fsp3) is 1.00. The molecule has 0 aliphatic carbocycles. The van der Waals surface area contributed by atoms with Crippen LogP contribution in [0.1, 0.15) is 27.2 Å². The Morgan fingerprint density at radius 2 is 1.93 bits per heavy atom. The quantitative estimate of drug-likeness (QED) is 0.614. The molecule has 1 unspecified atom stereocenters. The number of hydrogen-bond acceptors (Lipinski definition) is 3. The molecule has 0 aliphatic rings. The third kappa shape index (κ3) is 8.12. The molecule has 0 saturated carbocycles. The molecule has 15 heavy (non-hydrogen) atoms. The molecule has 0 radical (unpaired) electrons. The van der Waals surface area contributed by atoms with Crippen LogP contribution in [-0.4, -0.2) is 49.6 Å². The van der Waals surface area contributed by atoms with Crippen LogP contribution in [0.4, 0.5) is 0 Å². The van der Waals surface area contributed by atoms with Crippen molar-refractivity contribution >= 4 is 11.8 Å². The van der Waals surface area contributed by atoms with Gasteiger partial charge in [-0.2, -0.15) is 11.8 Å². The molecule has 0 fully saturated rings. The zero-order valence-corrected chi connectivity index (χ0v) is 11.9. The van der Waals surface area contributed by atoms with E-state index in [-0.39, 0.29) is 0 Å². The first-order chi connectivity index (χ1) is 7.09. The SMILES string of the molecule is CCSCCCNCC(C(C)C)N(C)C. The van der Waals surface area contributed by atoms with Crippen molar-refractivity contribution in [1.29, 1.82) is 0 Å². The van der Waals surface area contributed by atoms with E-state index in [1.807, 2.05) is 11.8 Å². The van der Waals surface area contributed by atoms with Gasteiger partial charge < -0.3 is 10.2 Å². The Bertz CT molecular complexity index is 130. The first-order valence-electron chi connectivity index (χ1n) is 6.04. The molecule has 0 aliphatic heterocycles. The maximum Gasteiger partial charge on any atom is 0.0237 e. The van der Waals surface area contributed by atoms with Crippen LogP contribution < -0.4 is 5.32 Å². The molecule has 1 atom stereocenters. The predicted molar refractivity (Wildman–Crippen MR) is 72.8 cm³/mol. The molecule has 0 bridgehead atoms. The summed E-state index contributed by atoms with van der Waals surface area (Å²) in [7, 11) is 4.33. The molecule has 1 N–H and O–H groups in total. The van der Waals surface area contributed by atoms with Crippen molar-refractivity contribution < 1.29 is 0 Å². The fourth-order valence-electron chi connectivity index (χ4n) is 1.71. The first kappa shape index (κ1) is 15.3. The van der Waals surface area contributed by atoms with E-state index in [1.165, 1.54) is 17.9 Å². The highest BCUT2D eigenvalue weighted by Crippen LogP contribution is 2.06. The molecule has 2 nitrogen and oxygen atoms in total. The van der Waals surface area contributed by atoms with Crippen molar-refractivity contribution in [3.63, 3.8) is 0 Å². The smallest absolute Gasteiger partial charge is 0.0237 e. The van der Waals surface area contributed by atoms with Gasteiger partial charge in [-0.1, -0.05) is 20.8 Å². The van der Waals surface area contributed by atoms with Gasteiger partial charge in [0.2, 0.25) is 0 Å². The second-order valence-corrected chi connectivity index (χ2v) is 5.92. The van der Waals surface area contributed by atoms with Crippen molar-refractivity contribution in [3.05, 3.63) is 0 Å². The lowest BCUT2D eigenvalue weighted by Crippen LogP contribution is -2.41. The summed E-state index contributed by atoms with van der Waals surface area (Å²) in [5.41, 5.74) is 0. The van der Waals surface area contributed by atoms with Crippen LogP contribution in [0.15, 0.2) is 0 Å². The van der Waals surface area contributed by atoms with E-state index in [0.29, 0.717) is 6.04 Å². The minimum atomic E-state index is 0.656. The molecule has 0 saturated heterocycles. The molecule has 3 heteroatoms. The van der Waals surface area contributed by atoms with Crippen LogP contribution in [0.2, 0.25) is 0 Å². The minimum Gasteiger partial charge on any atom is -0.315 e. The fourth-order valence-corrected chi connectivity index (χ4v) is 2.35. The van der Waals surface area contributed by atoms with Gasteiger partial charge in [-0.15, -0.1) is 0 Å². The monoisotopic (exact) mass is 232 g/mol. The Labute approximate surface area is 100 Å². The maximum atomic E-state index is 3.55. The van der Waals surface area contributed by atoms with E-state index in [2.05, 4.69) is 45.1 Å². The summed E-state index contributed by atoms with van der Waals surface area (Å²) in [5.74, 6) is 3.25. The summed E-state index contributed by atoms with van der Waals surface area (Å²) >= 11 is 2.03. The van der Waals surface area contributed by atoms with Gasteiger partial charge >= 0.3 is 0 Å². The van der Waals surface area contributed by atoms with Crippen molar-refractivity contribution in [2.75, 3.05) is 38.7 Å². The second-order valence-electron chi connectivity index (χ2n) is 4.53. The van der Waals surface area contributed by atoms with Crippen LogP contribution >= 0.6 is 11.8 Å². The molecule has 0 heterocycles. The van der Waals surface area contributed by atoms with Crippen molar-refractivity contribution in [2.24, 2.45) is 5.92 Å². The molecular formula is C12H28N2S. The van der Waals surface area contributed by atoms with Gasteiger partial charge in [-0.05, 0) is 44.5 Å². The van der Waals surface area contributed by atoms with Gasteiger partial charge in [0.1, 0.15) is 0 Å². The molecule has 0 aromatic rings. The van der Waals surface area contributed by atoms with Gasteiger partial charge in [-0.25, -0.2) is 0 Å². The molecule has 92 valence electrons. The van der Waals surface area contributed by atoms with Crippen LogP contribution in [-0.2, 0) is 0 Å². The number of hydrogen-bond donors (Lipinski definition) is 1. The summed E-state index contributed by atoms with van der Waals surface area (Å²) in [5, 5.41) is 3.55. The lowest BCUT2D eigenvalue weighted by Gasteiger charge is -2.28. The minimum absolute atomic E-state index is 0.656. The molecule has 0 spiro atoms. The van der Waals surface area contributed by atoms with Crippen LogP contribution in [0.3, 0.4) is 0 Å². The highest BCUT2D eigenvalue weighted by Gasteiger charge is 2.14. The van der Waals surface area contributed by atoms with E-state index >= 15 is 0 Å². The summed E-state index contributed by atoms with van der Waals surface area (Å²) in [4.78, 5) is 2.32. The molecule has 0 aromatic heterocycles. The van der Waals surface area contributed by atoms with Crippen molar-refractivity contribution in [3.8, 4) is 0 Å². The van der Waals surface area contributed by atoms with Crippen LogP contribution in [0.25, 0.3) is 0 Å². The number of likely N-dealkylation sites (N-methyl/N-ethyl adjacent to an activating group) is 1. The first-order valence-corrected chi connectivity index (χ1v) is 7.20. The summed E-state index contributed by atoms with van der Waals surface area (Å²) in [6.07, 6.45) is 1.29. The normalized spacial score (nSPS) is 13.8. The summed E-state index contributed by atoms with van der Waals surface area (Å²) < 4.78 is 0. The Balaban J connectivity index is 3.46. The topological polar surface area (TPSA) is 15.3 Å². The number of thioether (sulfide) groups is 1. The average molecular weight is 232 g/mol. The Hall–Kier alpha value is 0.270. The average Bonchev–Trinajstić information content (AvgIpc) is 2.15. The van der Waals surface area contributed by atoms with Gasteiger partial charge in [0.25, 0.3) is 0 Å². The maximum absolute atomic E-state index is 3.55. The van der Waals surface area contributed by atoms with E-state index in [9.17, 15) is 0 Å². The Kier molecular flexibility index (Phi) is 9.66. The second kappa shape index (κ2) is 9.49.